The van der Waals surface area contributed by atoms with Crippen molar-refractivity contribution >= 4 is 33.0 Å². The van der Waals surface area contributed by atoms with Crippen molar-refractivity contribution < 1.29 is 8.42 Å². The zero-order chi connectivity index (χ0) is 18.1. The molecule has 4 nitrogen and oxygen atoms in total. The van der Waals surface area contributed by atoms with Crippen LogP contribution in [0.5, 0.6) is 0 Å². The van der Waals surface area contributed by atoms with Crippen LogP contribution < -0.4 is 0 Å². The van der Waals surface area contributed by atoms with Crippen LogP contribution in [-0.4, -0.2) is 43.3 Å². The van der Waals surface area contributed by atoms with Crippen LogP contribution >= 0.6 is 22.9 Å². The number of hydrogen-bond donors (Lipinski definition) is 0. The highest BCUT2D eigenvalue weighted by molar-refractivity contribution is 7.88. The molecule has 26 heavy (non-hydrogen) atoms. The average molecular weight is 411 g/mol. The Morgan fingerprint density at radius 1 is 1.08 bits per heavy atom. The molecule has 0 spiro atoms. The van der Waals surface area contributed by atoms with Crippen LogP contribution in [0.25, 0.3) is 0 Å². The highest BCUT2D eigenvalue weighted by Gasteiger charge is 2.32. The molecule has 0 saturated carbocycles. The van der Waals surface area contributed by atoms with E-state index in [0.717, 1.165) is 37.9 Å². The minimum absolute atomic E-state index is 0.0524. The third-order valence-corrected chi connectivity index (χ3v) is 8.56. The second kappa shape index (κ2) is 7.60. The average Bonchev–Trinajstić information content (AvgIpc) is 3.11. The van der Waals surface area contributed by atoms with E-state index < -0.39 is 10.0 Å². The van der Waals surface area contributed by atoms with Gasteiger partial charge < -0.3 is 0 Å². The van der Waals surface area contributed by atoms with E-state index in [4.69, 9.17) is 11.6 Å². The number of fused-ring (bicyclic) bond motifs is 1. The van der Waals surface area contributed by atoms with E-state index in [2.05, 4.69) is 16.3 Å². The van der Waals surface area contributed by atoms with E-state index in [1.54, 1.807) is 28.6 Å². The van der Waals surface area contributed by atoms with Crippen molar-refractivity contribution in [2.75, 3.05) is 19.6 Å². The van der Waals surface area contributed by atoms with Crippen LogP contribution in [0.15, 0.2) is 35.7 Å². The molecular weight excluding hydrogens is 388 g/mol. The lowest BCUT2D eigenvalue weighted by atomic mass is 10.0. The summed E-state index contributed by atoms with van der Waals surface area (Å²) in [6, 6.07) is 9.79. The normalized spacial score (nSPS) is 20.2. The van der Waals surface area contributed by atoms with Crippen LogP contribution in [0, 0.1) is 0 Å². The van der Waals surface area contributed by atoms with Gasteiger partial charge >= 0.3 is 0 Å². The van der Waals surface area contributed by atoms with Gasteiger partial charge in [-0.25, -0.2) is 12.7 Å². The Bertz CT molecular complexity index is 856. The molecule has 0 N–H and O–H groups in total. The summed E-state index contributed by atoms with van der Waals surface area (Å²) in [5.41, 5.74) is 2.25. The largest absolute Gasteiger partial charge is 0.296 e. The highest BCUT2D eigenvalue weighted by Crippen LogP contribution is 2.29. The molecule has 1 aromatic carbocycles. The molecule has 0 aliphatic carbocycles. The summed E-state index contributed by atoms with van der Waals surface area (Å²) in [4.78, 5) is 4.06. The minimum atomic E-state index is -3.27. The highest BCUT2D eigenvalue weighted by atomic mass is 35.5. The molecule has 0 radical (unpaired) electrons. The maximum atomic E-state index is 12.7. The van der Waals surface area contributed by atoms with Gasteiger partial charge in [0.05, 0.1) is 5.75 Å². The van der Waals surface area contributed by atoms with Crippen molar-refractivity contribution in [2.24, 2.45) is 0 Å². The molecule has 7 heteroatoms. The Balaban J connectivity index is 1.35. The number of rotatable bonds is 4. The van der Waals surface area contributed by atoms with Gasteiger partial charge in [-0.2, -0.15) is 0 Å². The lowest BCUT2D eigenvalue weighted by Gasteiger charge is -2.39. The Kier molecular flexibility index (Phi) is 5.39. The summed E-state index contributed by atoms with van der Waals surface area (Å²) >= 11 is 7.74. The van der Waals surface area contributed by atoms with Crippen LogP contribution in [0.3, 0.4) is 0 Å². The van der Waals surface area contributed by atoms with Crippen molar-refractivity contribution in [3.63, 3.8) is 0 Å². The first-order chi connectivity index (χ1) is 12.5. The van der Waals surface area contributed by atoms with E-state index in [1.807, 2.05) is 11.3 Å². The van der Waals surface area contributed by atoms with Crippen molar-refractivity contribution in [1.82, 2.24) is 9.21 Å². The molecule has 4 rings (SSSR count). The molecule has 2 aliphatic heterocycles. The van der Waals surface area contributed by atoms with E-state index in [9.17, 15) is 8.42 Å². The van der Waals surface area contributed by atoms with Crippen molar-refractivity contribution in [1.29, 1.82) is 0 Å². The number of benzene rings is 1. The van der Waals surface area contributed by atoms with Crippen LogP contribution in [0.4, 0.5) is 0 Å². The van der Waals surface area contributed by atoms with Gasteiger partial charge in [0.25, 0.3) is 0 Å². The number of sulfonamides is 1. The zero-order valence-electron chi connectivity index (χ0n) is 14.6. The smallest absolute Gasteiger partial charge is 0.218 e. The summed E-state index contributed by atoms with van der Waals surface area (Å²) in [5.74, 6) is 0.0524. The molecular formula is C19H23ClN2O2S2. The second-order valence-electron chi connectivity index (χ2n) is 7.10. The summed E-state index contributed by atoms with van der Waals surface area (Å²) < 4.78 is 27.1. The summed E-state index contributed by atoms with van der Waals surface area (Å²) in [6.07, 6.45) is 2.96. The van der Waals surface area contributed by atoms with Crippen molar-refractivity contribution in [3.05, 3.63) is 56.7 Å². The molecule has 0 amide bonds. The zero-order valence-corrected chi connectivity index (χ0v) is 17.0. The SMILES string of the molecule is O=S(=O)(Cc1ccc(Cl)cc1)N1CCC(N2CCc3sccc3C2)CC1. The number of hydrogen-bond acceptors (Lipinski definition) is 4. The standard InChI is InChI=1S/C19H23ClN2O2S2/c20-17-3-1-15(2-4-17)14-26(23,24)22-10-5-18(6-11-22)21-9-7-19-16(13-21)8-12-25-19/h1-4,8,12,18H,5-7,9-11,13-14H2. The van der Waals surface area contributed by atoms with Gasteiger partial charge in [-0.05, 0) is 54.0 Å². The van der Waals surface area contributed by atoms with Crippen LogP contribution in [0.1, 0.15) is 28.8 Å². The van der Waals surface area contributed by atoms with Crippen LogP contribution in [-0.2, 0) is 28.7 Å². The predicted molar refractivity (Wildman–Crippen MR) is 107 cm³/mol. The fourth-order valence-electron chi connectivity index (χ4n) is 3.95. The molecule has 0 atom stereocenters. The molecule has 0 bridgehead atoms. The lowest BCUT2D eigenvalue weighted by Crippen LogP contribution is -2.48. The third-order valence-electron chi connectivity index (χ3n) is 5.43. The van der Waals surface area contributed by atoms with Gasteiger partial charge in [0, 0.05) is 42.1 Å². The van der Waals surface area contributed by atoms with E-state index >= 15 is 0 Å². The number of piperidine rings is 1. The quantitative estimate of drug-likeness (QED) is 0.770. The van der Waals surface area contributed by atoms with Crippen LogP contribution in [0.2, 0.25) is 5.02 Å². The fourth-order valence-corrected chi connectivity index (χ4v) is 6.53. The minimum Gasteiger partial charge on any atom is -0.296 e. The summed E-state index contributed by atoms with van der Waals surface area (Å²) in [7, 11) is -3.27. The number of nitrogens with zero attached hydrogens (tertiary/aromatic N) is 2. The molecule has 2 aromatic rings. The van der Waals surface area contributed by atoms with Gasteiger partial charge in [-0.15, -0.1) is 11.3 Å². The van der Waals surface area contributed by atoms with Crippen molar-refractivity contribution in [3.8, 4) is 0 Å². The molecule has 0 unspecified atom stereocenters. The fraction of sp³-hybridized carbons (Fsp3) is 0.474. The summed E-state index contributed by atoms with van der Waals surface area (Å²) in [5, 5.41) is 2.81. The van der Waals surface area contributed by atoms with Gasteiger partial charge in [-0.3, -0.25) is 4.90 Å². The van der Waals surface area contributed by atoms with Gasteiger partial charge in [0.1, 0.15) is 0 Å². The molecule has 1 aromatic heterocycles. The second-order valence-corrected chi connectivity index (χ2v) is 10.5. The first kappa shape index (κ1) is 18.4. The predicted octanol–water partition coefficient (Wildman–Crippen LogP) is 3.75. The first-order valence-electron chi connectivity index (χ1n) is 9.03. The maximum absolute atomic E-state index is 12.7. The Hall–Kier alpha value is -0.920. The maximum Gasteiger partial charge on any atom is 0.218 e. The monoisotopic (exact) mass is 410 g/mol. The molecule has 1 fully saturated rings. The molecule has 2 aliphatic rings. The number of halogens is 1. The van der Waals surface area contributed by atoms with Gasteiger partial charge in [-0.1, -0.05) is 23.7 Å². The first-order valence-corrected chi connectivity index (χ1v) is 11.9. The topological polar surface area (TPSA) is 40.6 Å². The van der Waals surface area contributed by atoms with Gasteiger partial charge in [0.2, 0.25) is 10.0 Å². The third kappa shape index (κ3) is 3.99. The Labute approximate surface area is 164 Å². The van der Waals surface area contributed by atoms with Gasteiger partial charge in [0.15, 0.2) is 0 Å². The summed E-state index contributed by atoms with van der Waals surface area (Å²) in [6.45, 7) is 3.35. The molecule has 3 heterocycles. The molecule has 1 saturated heterocycles. The lowest BCUT2D eigenvalue weighted by molar-refractivity contribution is 0.127. The molecule has 140 valence electrons. The Morgan fingerprint density at radius 3 is 2.54 bits per heavy atom. The number of thiophene rings is 1. The van der Waals surface area contributed by atoms with Crippen molar-refractivity contribution in [2.45, 2.75) is 37.6 Å². The van der Waals surface area contributed by atoms with E-state index in [-0.39, 0.29) is 5.75 Å². The van der Waals surface area contributed by atoms with E-state index in [1.165, 1.54) is 10.4 Å². The Morgan fingerprint density at radius 2 is 1.81 bits per heavy atom. The van der Waals surface area contributed by atoms with E-state index in [0.29, 0.717) is 24.2 Å².